The maximum Gasteiger partial charge on any atom is 0.254 e. The normalized spacial score (nSPS) is 19.4. The Morgan fingerprint density at radius 1 is 1.17 bits per heavy atom. The van der Waals surface area contributed by atoms with Crippen LogP contribution in [0.2, 0.25) is 0 Å². The smallest absolute Gasteiger partial charge is 0.254 e. The number of halogens is 1. The van der Waals surface area contributed by atoms with Gasteiger partial charge < -0.3 is 4.90 Å². The Balaban J connectivity index is 2.01. The van der Waals surface area contributed by atoms with Gasteiger partial charge in [-0.2, -0.15) is 0 Å². The van der Waals surface area contributed by atoms with Gasteiger partial charge in [-0.3, -0.25) is 4.79 Å². The maximum absolute atomic E-state index is 12.5. The zero-order valence-corrected chi connectivity index (χ0v) is 11.6. The van der Waals surface area contributed by atoms with Gasteiger partial charge in [0.1, 0.15) is 0 Å². The zero-order chi connectivity index (χ0) is 12.5. The van der Waals surface area contributed by atoms with Crippen LogP contribution in [0, 0.1) is 0 Å². The molecule has 1 saturated heterocycles. The quantitative estimate of drug-likeness (QED) is 0.739. The van der Waals surface area contributed by atoms with Crippen molar-refractivity contribution in [1.82, 2.24) is 4.90 Å². The number of carbonyl (C=O) groups excluding carboxylic acids is 1. The van der Waals surface area contributed by atoms with Crippen LogP contribution in [0.3, 0.4) is 0 Å². The van der Waals surface area contributed by atoms with Crippen molar-refractivity contribution in [2.75, 3.05) is 13.1 Å². The topological polar surface area (TPSA) is 20.3 Å². The molecule has 18 heavy (non-hydrogen) atoms. The van der Waals surface area contributed by atoms with Crippen LogP contribution < -0.4 is 0 Å². The van der Waals surface area contributed by atoms with E-state index in [1.165, 1.54) is 0 Å². The van der Waals surface area contributed by atoms with Crippen molar-refractivity contribution in [2.24, 2.45) is 0 Å². The number of hydrogen-bond acceptors (Lipinski definition) is 1. The lowest BCUT2D eigenvalue weighted by atomic mass is 10.0. The minimum absolute atomic E-state index is 0.147. The number of alkyl halides is 1. The molecule has 1 unspecified atom stereocenters. The summed E-state index contributed by atoms with van der Waals surface area (Å²) in [6.07, 6.45) is 1.04. The summed E-state index contributed by atoms with van der Waals surface area (Å²) in [5, 5.41) is 2.17. The van der Waals surface area contributed by atoms with Gasteiger partial charge in [-0.15, -0.1) is 0 Å². The first-order valence-corrected chi connectivity index (χ1v) is 7.08. The predicted molar refractivity (Wildman–Crippen MR) is 77.2 cm³/mol. The van der Waals surface area contributed by atoms with Crippen molar-refractivity contribution in [2.45, 2.75) is 11.2 Å². The lowest BCUT2D eigenvalue weighted by Gasteiger charge is -2.16. The van der Waals surface area contributed by atoms with Gasteiger partial charge in [0.2, 0.25) is 0 Å². The Kier molecular flexibility index (Phi) is 3.08. The Morgan fingerprint density at radius 2 is 1.94 bits per heavy atom. The highest BCUT2D eigenvalue weighted by atomic mass is 79.9. The molecule has 1 fully saturated rings. The van der Waals surface area contributed by atoms with E-state index in [0.717, 1.165) is 35.8 Å². The minimum atomic E-state index is 0.147. The first-order valence-electron chi connectivity index (χ1n) is 6.17. The molecule has 1 heterocycles. The molecular weight excluding hydrogens is 290 g/mol. The first kappa shape index (κ1) is 11.7. The predicted octanol–water partition coefficient (Wildman–Crippen LogP) is 3.45. The number of amides is 1. The number of rotatable bonds is 1. The second kappa shape index (κ2) is 4.73. The maximum atomic E-state index is 12.5. The Bertz CT molecular complexity index is 591. The molecule has 0 N–H and O–H groups in total. The fourth-order valence-corrected chi connectivity index (χ4v) is 3.04. The van der Waals surface area contributed by atoms with Crippen LogP contribution in [-0.2, 0) is 0 Å². The van der Waals surface area contributed by atoms with Crippen LogP contribution in [0.15, 0.2) is 42.5 Å². The van der Waals surface area contributed by atoms with Crippen LogP contribution in [0.1, 0.15) is 16.8 Å². The van der Waals surface area contributed by atoms with E-state index < -0.39 is 0 Å². The number of likely N-dealkylation sites (tertiary alicyclic amines) is 1. The number of fused-ring (bicyclic) bond motifs is 1. The van der Waals surface area contributed by atoms with Crippen LogP contribution in [0.5, 0.6) is 0 Å². The second-order valence-corrected chi connectivity index (χ2v) is 5.96. The Hall–Kier alpha value is -1.35. The average molecular weight is 304 g/mol. The van der Waals surface area contributed by atoms with E-state index >= 15 is 0 Å². The molecule has 1 aliphatic heterocycles. The Labute approximate surface area is 115 Å². The van der Waals surface area contributed by atoms with E-state index in [9.17, 15) is 4.79 Å². The summed E-state index contributed by atoms with van der Waals surface area (Å²) < 4.78 is 0. The lowest BCUT2D eigenvalue weighted by Crippen LogP contribution is -2.28. The number of hydrogen-bond donors (Lipinski definition) is 0. The third-order valence-corrected chi connectivity index (χ3v) is 4.19. The molecule has 0 aliphatic carbocycles. The van der Waals surface area contributed by atoms with Crippen LogP contribution >= 0.6 is 15.9 Å². The highest BCUT2D eigenvalue weighted by Crippen LogP contribution is 2.23. The summed E-state index contributed by atoms with van der Waals surface area (Å²) in [5.74, 6) is 0.147. The molecule has 0 aromatic heterocycles. The third-order valence-electron chi connectivity index (χ3n) is 3.44. The van der Waals surface area contributed by atoms with Gasteiger partial charge in [0.25, 0.3) is 5.91 Å². The van der Waals surface area contributed by atoms with E-state index in [1.807, 2.05) is 47.4 Å². The van der Waals surface area contributed by atoms with E-state index in [1.54, 1.807) is 0 Å². The van der Waals surface area contributed by atoms with Gasteiger partial charge in [0.15, 0.2) is 0 Å². The number of carbonyl (C=O) groups is 1. The molecule has 3 rings (SSSR count). The molecule has 0 bridgehead atoms. The largest absolute Gasteiger partial charge is 0.337 e. The molecule has 2 nitrogen and oxygen atoms in total. The molecule has 0 radical (unpaired) electrons. The summed E-state index contributed by atoms with van der Waals surface area (Å²) >= 11 is 3.58. The van der Waals surface area contributed by atoms with Gasteiger partial charge in [0.05, 0.1) is 0 Å². The summed E-state index contributed by atoms with van der Waals surface area (Å²) in [6, 6.07) is 14.0. The molecule has 92 valence electrons. The van der Waals surface area contributed by atoms with Gasteiger partial charge in [0, 0.05) is 23.5 Å². The van der Waals surface area contributed by atoms with Crippen molar-refractivity contribution in [3.8, 4) is 0 Å². The van der Waals surface area contributed by atoms with Crippen molar-refractivity contribution in [1.29, 1.82) is 0 Å². The molecule has 1 aliphatic rings. The van der Waals surface area contributed by atoms with E-state index in [2.05, 4.69) is 15.9 Å². The molecule has 2 aromatic rings. The number of benzene rings is 2. The summed E-state index contributed by atoms with van der Waals surface area (Å²) in [5.41, 5.74) is 0.815. The lowest BCUT2D eigenvalue weighted by molar-refractivity contribution is 0.0795. The van der Waals surface area contributed by atoms with Crippen molar-refractivity contribution >= 4 is 32.6 Å². The Morgan fingerprint density at radius 3 is 2.72 bits per heavy atom. The SMILES string of the molecule is O=C(c1cccc2ccccc12)N1CCC(Br)C1. The molecule has 0 saturated carbocycles. The fourth-order valence-electron chi connectivity index (χ4n) is 2.48. The van der Waals surface area contributed by atoms with Crippen molar-refractivity contribution < 1.29 is 4.79 Å². The summed E-state index contributed by atoms with van der Waals surface area (Å²) in [4.78, 5) is 14.9. The van der Waals surface area contributed by atoms with Crippen molar-refractivity contribution in [3.63, 3.8) is 0 Å². The van der Waals surface area contributed by atoms with E-state index in [0.29, 0.717) is 4.83 Å². The molecule has 2 aromatic carbocycles. The molecule has 1 atom stereocenters. The van der Waals surface area contributed by atoms with E-state index in [-0.39, 0.29) is 5.91 Å². The van der Waals surface area contributed by atoms with Gasteiger partial charge in [-0.05, 0) is 23.3 Å². The average Bonchev–Trinajstić information content (AvgIpc) is 2.84. The highest BCUT2D eigenvalue weighted by Gasteiger charge is 2.25. The highest BCUT2D eigenvalue weighted by molar-refractivity contribution is 9.09. The molecular formula is C15H14BrNO. The molecule has 0 spiro atoms. The van der Waals surface area contributed by atoms with E-state index in [4.69, 9.17) is 0 Å². The van der Waals surface area contributed by atoms with Crippen molar-refractivity contribution in [3.05, 3.63) is 48.0 Å². The van der Waals surface area contributed by atoms with Crippen LogP contribution in [0.4, 0.5) is 0 Å². The summed E-state index contributed by atoms with van der Waals surface area (Å²) in [6.45, 7) is 1.65. The third kappa shape index (κ3) is 2.03. The fraction of sp³-hybridized carbons (Fsp3) is 0.267. The van der Waals surface area contributed by atoms with Gasteiger partial charge in [-0.25, -0.2) is 0 Å². The standard InChI is InChI=1S/C15H14BrNO/c16-12-8-9-17(10-12)15(18)14-7-3-5-11-4-1-2-6-13(11)14/h1-7,12H,8-10H2. The molecule has 3 heteroatoms. The first-order chi connectivity index (χ1) is 8.75. The number of nitrogens with zero attached hydrogens (tertiary/aromatic N) is 1. The molecule has 1 amide bonds. The van der Waals surface area contributed by atoms with Crippen LogP contribution in [-0.4, -0.2) is 28.7 Å². The summed E-state index contributed by atoms with van der Waals surface area (Å²) in [7, 11) is 0. The second-order valence-electron chi connectivity index (χ2n) is 4.66. The minimum Gasteiger partial charge on any atom is -0.337 e. The van der Waals surface area contributed by atoms with Gasteiger partial charge >= 0.3 is 0 Å². The van der Waals surface area contributed by atoms with Crippen LogP contribution in [0.25, 0.3) is 10.8 Å². The van der Waals surface area contributed by atoms with Gasteiger partial charge in [-0.1, -0.05) is 52.3 Å². The zero-order valence-electron chi connectivity index (χ0n) is 9.97. The monoisotopic (exact) mass is 303 g/mol.